The van der Waals surface area contributed by atoms with Crippen LogP contribution < -0.4 is 9.47 Å². The van der Waals surface area contributed by atoms with E-state index in [-0.39, 0.29) is 5.91 Å². The predicted octanol–water partition coefficient (Wildman–Crippen LogP) is 3.26. The number of hydrogen-bond donors (Lipinski definition) is 0. The molecule has 2 aliphatic carbocycles. The first-order valence-electron chi connectivity index (χ1n) is 9.63. The van der Waals surface area contributed by atoms with Gasteiger partial charge in [-0.1, -0.05) is 17.8 Å². The maximum atomic E-state index is 12.6. The summed E-state index contributed by atoms with van der Waals surface area (Å²) in [6.45, 7) is 0.516. The SMILES string of the molecule is COc1ccc(CN(C)C(=O)CSc2nnc(C3CC3)n2C2CC2)cc1OC. The van der Waals surface area contributed by atoms with Crippen molar-refractivity contribution < 1.29 is 14.3 Å². The Hall–Kier alpha value is -2.22. The summed E-state index contributed by atoms with van der Waals surface area (Å²) in [6.07, 6.45) is 4.81. The molecule has 1 amide bonds. The van der Waals surface area contributed by atoms with Gasteiger partial charge >= 0.3 is 0 Å². The van der Waals surface area contributed by atoms with Crippen molar-refractivity contribution in [3.63, 3.8) is 0 Å². The zero-order chi connectivity index (χ0) is 19.7. The fourth-order valence-corrected chi connectivity index (χ4v) is 4.21. The Labute approximate surface area is 169 Å². The fourth-order valence-electron chi connectivity index (χ4n) is 3.26. The summed E-state index contributed by atoms with van der Waals surface area (Å²) in [5.74, 6) is 3.47. The first kappa shape index (κ1) is 19.1. The van der Waals surface area contributed by atoms with Crippen LogP contribution >= 0.6 is 11.8 Å². The predicted molar refractivity (Wildman–Crippen MR) is 107 cm³/mol. The third-order valence-corrected chi connectivity index (χ3v) is 6.09. The van der Waals surface area contributed by atoms with Crippen LogP contribution in [0.5, 0.6) is 11.5 Å². The molecule has 2 aliphatic rings. The zero-order valence-corrected chi connectivity index (χ0v) is 17.4. The van der Waals surface area contributed by atoms with Crippen LogP contribution in [-0.2, 0) is 11.3 Å². The third-order valence-electron chi connectivity index (χ3n) is 5.16. The van der Waals surface area contributed by atoms with E-state index in [1.807, 2.05) is 25.2 Å². The van der Waals surface area contributed by atoms with Crippen LogP contribution in [0.1, 0.15) is 49.0 Å². The van der Waals surface area contributed by atoms with E-state index >= 15 is 0 Å². The van der Waals surface area contributed by atoms with Crippen LogP contribution in [0.25, 0.3) is 0 Å². The van der Waals surface area contributed by atoms with Gasteiger partial charge in [-0.15, -0.1) is 10.2 Å². The van der Waals surface area contributed by atoms with E-state index in [1.165, 1.54) is 37.4 Å². The van der Waals surface area contributed by atoms with Crippen molar-refractivity contribution in [3.05, 3.63) is 29.6 Å². The van der Waals surface area contributed by atoms with Gasteiger partial charge in [0.15, 0.2) is 16.7 Å². The average molecular weight is 403 g/mol. The van der Waals surface area contributed by atoms with E-state index in [9.17, 15) is 4.79 Å². The van der Waals surface area contributed by atoms with E-state index < -0.39 is 0 Å². The Kier molecular flexibility index (Phi) is 5.48. The number of amides is 1. The molecule has 1 aromatic carbocycles. The molecule has 8 heteroatoms. The maximum absolute atomic E-state index is 12.6. The number of methoxy groups -OCH3 is 2. The Morgan fingerprint density at radius 2 is 1.93 bits per heavy atom. The minimum Gasteiger partial charge on any atom is -0.493 e. The highest BCUT2D eigenvalue weighted by Crippen LogP contribution is 2.46. The number of nitrogens with zero attached hydrogens (tertiary/aromatic N) is 4. The molecule has 0 saturated heterocycles. The van der Waals surface area contributed by atoms with Gasteiger partial charge in [0.2, 0.25) is 5.91 Å². The number of aromatic nitrogens is 3. The molecule has 28 heavy (non-hydrogen) atoms. The van der Waals surface area contributed by atoms with Gasteiger partial charge in [-0.05, 0) is 43.4 Å². The summed E-state index contributed by atoms with van der Waals surface area (Å²) in [6, 6.07) is 6.25. The van der Waals surface area contributed by atoms with E-state index in [2.05, 4.69) is 14.8 Å². The Morgan fingerprint density at radius 3 is 2.57 bits per heavy atom. The lowest BCUT2D eigenvalue weighted by Crippen LogP contribution is -2.28. The van der Waals surface area contributed by atoms with Crippen LogP contribution in [-0.4, -0.2) is 52.6 Å². The molecule has 0 bridgehead atoms. The summed E-state index contributed by atoms with van der Waals surface area (Å²) < 4.78 is 12.9. The molecule has 0 spiro atoms. The molecule has 0 aliphatic heterocycles. The van der Waals surface area contributed by atoms with Crippen LogP contribution in [0.4, 0.5) is 0 Å². The summed E-state index contributed by atoms with van der Waals surface area (Å²) in [4.78, 5) is 14.4. The minimum atomic E-state index is 0.0677. The molecule has 150 valence electrons. The number of carbonyl (C=O) groups is 1. The summed E-state index contributed by atoms with van der Waals surface area (Å²) in [7, 11) is 5.04. The number of ether oxygens (including phenoxy) is 2. The zero-order valence-electron chi connectivity index (χ0n) is 16.6. The lowest BCUT2D eigenvalue weighted by atomic mass is 10.2. The summed E-state index contributed by atoms with van der Waals surface area (Å²) in [5.41, 5.74) is 0.996. The maximum Gasteiger partial charge on any atom is 0.233 e. The van der Waals surface area contributed by atoms with Gasteiger partial charge in [-0.2, -0.15) is 0 Å². The van der Waals surface area contributed by atoms with Crippen LogP contribution in [0.15, 0.2) is 23.4 Å². The lowest BCUT2D eigenvalue weighted by molar-refractivity contribution is -0.127. The molecule has 0 atom stereocenters. The highest BCUT2D eigenvalue weighted by atomic mass is 32.2. The number of rotatable bonds is 9. The van der Waals surface area contributed by atoms with Gasteiger partial charge in [-0.3, -0.25) is 4.79 Å². The highest BCUT2D eigenvalue weighted by molar-refractivity contribution is 7.99. The van der Waals surface area contributed by atoms with E-state index in [1.54, 1.807) is 19.1 Å². The molecular formula is C20H26N4O3S. The van der Waals surface area contributed by atoms with Gasteiger partial charge < -0.3 is 18.9 Å². The average Bonchev–Trinajstić information content (AvgIpc) is 3.64. The lowest BCUT2D eigenvalue weighted by Gasteiger charge is -2.18. The second-order valence-corrected chi connectivity index (χ2v) is 8.39. The van der Waals surface area contributed by atoms with Gasteiger partial charge in [0.25, 0.3) is 0 Å². The molecular weight excluding hydrogens is 376 g/mol. The topological polar surface area (TPSA) is 69.5 Å². The Bertz CT molecular complexity index is 861. The van der Waals surface area contributed by atoms with Crippen LogP contribution in [0, 0.1) is 0 Å². The molecule has 1 aromatic heterocycles. The van der Waals surface area contributed by atoms with E-state index in [4.69, 9.17) is 9.47 Å². The van der Waals surface area contributed by atoms with Crippen molar-refractivity contribution in [2.45, 2.75) is 49.3 Å². The first-order valence-corrected chi connectivity index (χ1v) is 10.6. The molecule has 0 unspecified atom stereocenters. The molecule has 4 rings (SSSR count). The van der Waals surface area contributed by atoms with Crippen molar-refractivity contribution in [1.29, 1.82) is 0 Å². The van der Waals surface area contributed by atoms with Crippen molar-refractivity contribution in [3.8, 4) is 11.5 Å². The number of thioether (sulfide) groups is 1. The minimum absolute atomic E-state index is 0.0677. The van der Waals surface area contributed by atoms with Crippen LogP contribution in [0.3, 0.4) is 0 Å². The molecule has 2 aromatic rings. The molecule has 7 nitrogen and oxygen atoms in total. The largest absolute Gasteiger partial charge is 0.493 e. The fraction of sp³-hybridized carbons (Fsp3) is 0.550. The molecule has 2 saturated carbocycles. The van der Waals surface area contributed by atoms with Gasteiger partial charge in [0, 0.05) is 25.6 Å². The number of carbonyl (C=O) groups excluding carboxylic acids is 1. The van der Waals surface area contributed by atoms with E-state index in [0.29, 0.717) is 35.8 Å². The third kappa shape index (κ3) is 4.11. The summed E-state index contributed by atoms with van der Waals surface area (Å²) in [5, 5.41) is 9.66. The normalized spacial score (nSPS) is 16.1. The van der Waals surface area contributed by atoms with Gasteiger partial charge in [0.1, 0.15) is 5.82 Å². The van der Waals surface area contributed by atoms with Crippen molar-refractivity contribution in [2.75, 3.05) is 27.0 Å². The smallest absolute Gasteiger partial charge is 0.233 e. The van der Waals surface area contributed by atoms with Gasteiger partial charge in [0.05, 0.1) is 20.0 Å². The van der Waals surface area contributed by atoms with Crippen molar-refractivity contribution >= 4 is 17.7 Å². The second-order valence-electron chi connectivity index (χ2n) is 7.44. The van der Waals surface area contributed by atoms with Crippen molar-refractivity contribution in [1.82, 2.24) is 19.7 Å². The Morgan fingerprint density at radius 1 is 1.18 bits per heavy atom. The molecule has 0 radical (unpaired) electrons. The standard InChI is InChI=1S/C20H26N4O3S/c1-23(11-13-4-9-16(26-2)17(10-13)27-3)18(25)12-28-20-22-21-19(14-5-6-14)24(20)15-7-8-15/h4,9-10,14-15H,5-8,11-12H2,1-3H3. The first-order chi connectivity index (χ1) is 13.6. The molecule has 0 N–H and O–H groups in total. The van der Waals surface area contributed by atoms with Crippen LogP contribution in [0.2, 0.25) is 0 Å². The van der Waals surface area contributed by atoms with Crippen molar-refractivity contribution in [2.24, 2.45) is 0 Å². The van der Waals surface area contributed by atoms with E-state index in [0.717, 1.165) is 16.5 Å². The number of hydrogen-bond acceptors (Lipinski definition) is 6. The number of benzene rings is 1. The summed E-state index contributed by atoms with van der Waals surface area (Å²) >= 11 is 1.50. The van der Waals surface area contributed by atoms with Gasteiger partial charge in [-0.25, -0.2) is 0 Å². The highest BCUT2D eigenvalue weighted by Gasteiger charge is 2.36. The molecule has 2 fully saturated rings. The monoisotopic (exact) mass is 402 g/mol. The molecule has 1 heterocycles. The second kappa shape index (κ2) is 8.03. The quantitative estimate of drug-likeness (QED) is 0.600. The Balaban J connectivity index is 1.36.